The summed E-state index contributed by atoms with van der Waals surface area (Å²) in [6.07, 6.45) is 3.41. The molecule has 1 aromatic heterocycles. The van der Waals surface area contributed by atoms with Crippen LogP contribution >= 0.6 is 0 Å². The Labute approximate surface area is 324 Å². The van der Waals surface area contributed by atoms with Crippen molar-refractivity contribution in [2.24, 2.45) is 11.3 Å². The second-order valence-corrected chi connectivity index (χ2v) is 16.8. The maximum atomic E-state index is 15.2. The number of ether oxygens (including phenoxy) is 3. The highest BCUT2D eigenvalue weighted by atomic mass is 32.2. The van der Waals surface area contributed by atoms with E-state index in [1.165, 1.54) is 4.90 Å². The van der Waals surface area contributed by atoms with Gasteiger partial charge in [-0.05, 0) is 61.2 Å². The molecule has 1 N–H and O–H groups in total. The zero-order valence-corrected chi connectivity index (χ0v) is 32.2. The van der Waals surface area contributed by atoms with Crippen molar-refractivity contribution < 1.29 is 46.6 Å². The normalized spacial score (nSPS) is 30.4. The van der Waals surface area contributed by atoms with Crippen molar-refractivity contribution in [3.8, 4) is 0 Å². The quantitative estimate of drug-likeness (QED) is 0.142. The van der Waals surface area contributed by atoms with Crippen molar-refractivity contribution in [3.05, 3.63) is 95.8 Å². The number of pyridine rings is 1. The fraction of sp³-hybridized carbons (Fsp3) is 0.450. The van der Waals surface area contributed by atoms with Crippen molar-refractivity contribution in [1.29, 1.82) is 0 Å². The Hall–Kier alpha value is -5.19. The molecule has 15 nitrogen and oxygen atoms in total. The second-order valence-electron chi connectivity index (χ2n) is 15.0. The fourth-order valence-corrected chi connectivity index (χ4v) is 9.99. The number of amides is 3. The number of carbonyl (C=O) groups is 5. The molecular formula is C40H43N5O10S. The minimum absolute atomic E-state index is 0.142. The Kier molecular flexibility index (Phi) is 9.28. The van der Waals surface area contributed by atoms with Crippen molar-refractivity contribution in [1.82, 2.24) is 19.7 Å². The number of piperidine rings is 1. The Morgan fingerprint density at radius 2 is 1.68 bits per heavy atom. The van der Waals surface area contributed by atoms with Gasteiger partial charge in [0.1, 0.15) is 29.3 Å². The molecule has 3 aliphatic heterocycles. The van der Waals surface area contributed by atoms with Crippen LogP contribution in [-0.4, -0.2) is 94.3 Å². The van der Waals surface area contributed by atoms with Gasteiger partial charge in [0.25, 0.3) is 12.2 Å². The smallest absolute Gasteiger partial charge is 0.371 e. The van der Waals surface area contributed by atoms with Gasteiger partial charge in [0, 0.05) is 35.5 Å². The van der Waals surface area contributed by atoms with E-state index in [9.17, 15) is 27.6 Å². The van der Waals surface area contributed by atoms with Gasteiger partial charge in [-0.2, -0.15) is 0 Å². The molecule has 7 atom stereocenters. The van der Waals surface area contributed by atoms with Crippen molar-refractivity contribution >= 4 is 45.4 Å². The Morgan fingerprint density at radius 1 is 0.964 bits per heavy atom. The fourth-order valence-electron chi connectivity index (χ4n) is 9.43. The minimum atomic E-state index is -3.62. The van der Waals surface area contributed by atoms with Crippen LogP contribution in [0, 0.1) is 11.3 Å². The van der Waals surface area contributed by atoms with Gasteiger partial charge in [0.15, 0.2) is 6.29 Å². The van der Waals surface area contributed by atoms with E-state index >= 15 is 4.79 Å². The number of unbranched alkanes of at least 4 members (excludes halogenated alkanes) is 1. The van der Waals surface area contributed by atoms with Crippen LogP contribution < -0.4 is 4.72 Å². The van der Waals surface area contributed by atoms with Crippen LogP contribution in [0.2, 0.25) is 0 Å². The van der Waals surface area contributed by atoms with Gasteiger partial charge in [0.05, 0.1) is 6.26 Å². The molecule has 16 heteroatoms. The minimum Gasteiger partial charge on any atom is -0.388 e. The Balaban J connectivity index is 1.26. The van der Waals surface area contributed by atoms with E-state index < -0.39 is 81.6 Å². The number of esters is 2. The largest absolute Gasteiger partial charge is 0.388 e. The summed E-state index contributed by atoms with van der Waals surface area (Å²) < 4.78 is 42.5. The number of sulfonamides is 1. The third-order valence-electron chi connectivity index (χ3n) is 11.7. The van der Waals surface area contributed by atoms with Crippen LogP contribution in [-0.2, 0) is 43.4 Å². The summed E-state index contributed by atoms with van der Waals surface area (Å²) in [5.74, 6) is -3.95. The topological polar surface area (TPSA) is 182 Å². The average molecular weight is 786 g/mol. The van der Waals surface area contributed by atoms with Crippen molar-refractivity contribution in [3.63, 3.8) is 0 Å². The zero-order valence-electron chi connectivity index (χ0n) is 31.4. The molecule has 0 bridgehead atoms. The van der Waals surface area contributed by atoms with Crippen LogP contribution in [0.1, 0.15) is 86.4 Å². The highest BCUT2D eigenvalue weighted by Crippen LogP contribution is 2.98. The van der Waals surface area contributed by atoms with Crippen molar-refractivity contribution in [2.45, 2.75) is 95.3 Å². The first-order valence-corrected chi connectivity index (χ1v) is 20.8. The van der Waals surface area contributed by atoms with Crippen LogP contribution in [0.25, 0.3) is 0 Å². The summed E-state index contributed by atoms with van der Waals surface area (Å²) in [6.45, 7) is 5.43. The Morgan fingerprint density at radius 3 is 2.27 bits per heavy atom. The van der Waals surface area contributed by atoms with E-state index in [0.29, 0.717) is 36.8 Å². The molecule has 4 heterocycles. The van der Waals surface area contributed by atoms with Crippen LogP contribution in [0.15, 0.2) is 79.1 Å². The summed E-state index contributed by atoms with van der Waals surface area (Å²) in [5, 5.41) is 0. The number of β-lactam (4-membered cyclic amide) rings is 1. The van der Waals surface area contributed by atoms with Gasteiger partial charge >= 0.3 is 11.9 Å². The van der Waals surface area contributed by atoms with Gasteiger partial charge in [-0.3, -0.25) is 29.0 Å². The predicted molar refractivity (Wildman–Crippen MR) is 198 cm³/mol. The molecule has 3 saturated heterocycles. The number of fused-ring (bicyclic) bond motifs is 1. The maximum Gasteiger partial charge on any atom is 0.371 e. The first kappa shape index (κ1) is 37.7. The maximum absolute atomic E-state index is 15.2. The number of nitrogens with one attached hydrogen (secondary N) is 1. The summed E-state index contributed by atoms with van der Waals surface area (Å²) >= 11 is 0. The molecule has 3 aromatic rings. The van der Waals surface area contributed by atoms with E-state index in [1.54, 1.807) is 89.8 Å². The van der Waals surface area contributed by atoms with Gasteiger partial charge in [-0.1, -0.05) is 69.5 Å². The number of hydrogen-bond acceptors (Lipinski definition) is 11. The van der Waals surface area contributed by atoms with Crippen LogP contribution in [0.3, 0.4) is 0 Å². The summed E-state index contributed by atoms with van der Waals surface area (Å²) in [7, 11) is -3.62. The standard InChI is InChI=1S/C40H43N5O10S/c1-5-7-16-29(35(48)55-36(49)37-53-23(3)54-37)44-38(50)39-30(26-15-11-21-41-22-26)31(39)40(39,44)45-32(24-17-19-27(20-18-24)42-56(4,51)52)43(28(12-6-2)34(45)47)33(46)25-13-9-8-10-14-25/h8-11,13-15,17-23,28-32,37,42H,5-7,12,16H2,1-4H3/t23?,28?,29?,30?,31-,32-,37?,39-,40-/m1/s1. The summed E-state index contributed by atoms with van der Waals surface area (Å²) in [4.78, 5) is 80.6. The van der Waals surface area contributed by atoms with Crippen LogP contribution in [0.5, 0.6) is 0 Å². The molecule has 5 fully saturated rings. The molecule has 1 spiro atoms. The monoisotopic (exact) mass is 785 g/mol. The van der Waals surface area contributed by atoms with Crippen molar-refractivity contribution in [2.75, 3.05) is 11.0 Å². The van der Waals surface area contributed by atoms with E-state index in [2.05, 4.69) is 9.71 Å². The zero-order chi connectivity index (χ0) is 39.7. The first-order chi connectivity index (χ1) is 26.8. The molecule has 5 aliphatic rings. The molecule has 2 saturated carbocycles. The summed E-state index contributed by atoms with van der Waals surface area (Å²) in [5.41, 5.74) is -0.561. The lowest BCUT2D eigenvalue weighted by molar-refractivity contribution is -0.363. The van der Waals surface area contributed by atoms with Gasteiger partial charge in [-0.25, -0.2) is 18.0 Å². The van der Waals surface area contributed by atoms with Crippen LogP contribution in [0.4, 0.5) is 5.69 Å². The molecular weight excluding hydrogens is 743 g/mol. The van der Waals surface area contributed by atoms with E-state index in [4.69, 9.17) is 14.2 Å². The second kappa shape index (κ2) is 13.8. The number of likely N-dealkylation sites (tertiary alicyclic amines) is 1. The van der Waals surface area contributed by atoms with E-state index in [-0.39, 0.29) is 23.9 Å². The molecule has 8 rings (SSSR count). The molecule has 3 unspecified atom stereocenters. The predicted octanol–water partition coefficient (Wildman–Crippen LogP) is 3.90. The highest BCUT2D eigenvalue weighted by molar-refractivity contribution is 7.92. The number of anilines is 1. The third kappa shape index (κ3) is 5.55. The molecule has 3 amide bonds. The lowest BCUT2D eigenvalue weighted by Gasteiger charge is -2.57. The molecule has 294 valence electrons. The van der Waals surface area contributed by atoms with Gasteiger partial charge in [-0.15, -0.1) is 0 Å². The van der Waals surface area contributed by atoms with E-state index in [1.807, 2.05) is 19.9 Å². The van der Waals surface area contributed by atoms with E-state index in [0.717, 1.165) is 11.8 Å². The molecule has 2 aromatic carbocycles. The summed E-state index contributed by atoms with van der Waals surface area (Å²) in [6, 6.07) is 16.5. The van der Waals surface area contributed by atoms with Gasteiger partial charge < -0.3 is 24.0 Å². The molecule has 2 aliphatic carbocycles. The number of hydrogen-bond donors (Lipinski definition) is 1. The number of carbonyl (C=O) groups excluding carboxylic acids is 5. The number of aromatic nitrogens is 1. The molecule has 0 radical (unpaired) electrons. The SMILES string of the molecule is CCCCC(C(=O)OC(=O)C1OC(C)O1)N1C(=O)[C@@]23C(c4cccnc4)[C@H]2[C@]13N1C(=O)C(CCC)N(C(=O)c2ccccc2)[C@H]1c1ccc(NS(C)(=O)=O)cc1. The lowest BCUT2D eigenvalue weighted by atomic mass is 9.79. The Bertz CT molecular complexity index is 2180. The highest BCUT2D eigenvalue weighted by Gasteiger charge is 3.11. The van der Waals surface area contributed by atoms with Gasteiger partial charge in [0.2, 0.25) is 21.8 Å². The molecule has 56 heavy (non-hydrogen) atoms. The first-order valence-electron chi connectivity index (χ1n) is 18.9. The lowest BCUT2D eigenvalue weighted by Crippen LogP contribution is -2.75. The number of nitrogens with zero attached hydrogens (tertiary/aromatic N) is 4. The number of benzene rings is 2. The number of rotatable bonds is 14. The third-order valence-corrected chi connectivity index (χ3v) is 12.3. The average Bonchev–Trinajstić information content (AvgIpc) is 3.99.